The number of hydrogen-bond acceptors (Lipinski definition) is 3. The molecule has 3 N–H and O–H groups in total. The topological polar surface area (TPSA) is 61.6 Å². The molecule has 1 aromatic rings. The van der Waals surface area contributed by atoms with E-state index in [4.69, 9.17) is 17.3 Å². The van der Waals surface area contributed by atoms with Gasteiger partial charge in [-0.2, -0.15) is 0 Å². The quantitative estimate of drug-likeness (QED) is 0.850. The first-order chi connectivity index (χ1) is 9.19. The first kappa shape index (κ1) is 12.6. The van der Waals surface area contributed by atoms with E-state index in [1.807, 2.05) is 23.1 Å². The van der Waals surface area contributed by atoms with Crippen molar-refractivity contribution in [1.29, 1.82) is 0 Å². The van der Waals surface area contributed by atoms with Crippen molar-refractivity contribution < 1.29 is 4.79 Å². The van der Waals surface area contributed by atoms with Gasteiger partial charge in [-0.1, -0.05) is 17.7 Å². The second kappa shape index (κ2) is 4.90. The molecule has 0 aliphatic carbocycles. The number of carbonyl (C=O) groups is 1. The van der Waals surface area contributed by atoms with E-state index in [0.29, 0.717) is 11.6 Å². The third kappa shape index (κ3) is 2.24. The summed E-state index contributed by atoms with van der Waals surface area (Å²) in [6.45, 7) is 3.61. The van der Waals surface area contributed by atoms with Crippen LogP contribution in [0.25, 0.3) is 0 Å². The second-order valence-corrected chi connectivity index (χ2v) is 5.37. The minimum Gasteiger partial charge on any atom is -0.368 e. The lowest BCUT2D eigenvalue weighted by Crippen LogP contribution is -2.52. The molecule has 5 nitrogen and oxygen atoms in total. The molecule has 0 radical (unpaired) electrons. The summed E-state index contributed by atoms with van der Waals surface area (Å²) >= 11 is 6.20. The number of fused-ring (bicyclic) bond motifs is 1. The highest BCUT2D eigenvalue weighted by atomic mass is 35.5. The summed E-state index contributed by atoms with van der Waals surface area (Å²) in [5.74, 6) is 0. The average molecular weight is 281 g/mol. The van der Waals surface area contributed by atoms with Crippen LogP contribution in [-0.4, -0.2) is 43.2 Å². The van der Waals surface area contributed by atoms with Gasteiger partial charge in [0.2, 0.25) is 0 Å². The summed E-state index contributed by atoms with van der Waals surface area (Å²) in [5, 5.41) is 3.59. The fourth-order valence-electron chi connectivity index (χ4n) is 2.74. The molecular formula is C13H17ClN4O. The van der Waals surface area contributed by atoms with Gasteiger partial charge in [0.05, 0.1) is 6.04 Å². The zero-order valence-electron chi connectivity index (χ0n) is 10.6. The smallest absolute Gasteiger partial charge is 0.317 e. The molecule has 1 atom stereocenters. The summed E-state index contributed by atoms with van der Waals surface area (Å²) in [5.41, 5.74) is 7.67. The maximum atomic E-state index is 11.6. The summed E-state index contributed by atoms with van der Waals surface area (Å²) in [6.07, 6.45) is 0. The van der Waals surface area contributed by atoms with Crippen molar-refractivity contribution in [3.8, 4) is 0 Å². The maximum absolute atomic E-state index is 11.6. The predicted molar refractivity (Wildman–Crippen MR) is 75.4 cm³/mol. The molecule has 102 valence electrons. The molecule has 0 aromatic heterocycles. The standard InChI is InChI=1S/C13H17ClN4O/c14-12-5-10(2-1-9(12)6-15)17-3-4-18-11(8-17)7-16-13(18)19/h1-2,5,11H,3-4,6-8,15H2,(H,16,19). The number of amides is 2. The van der Waals surface area contributed by atoms with Crippen LogP contribution in [0, 0.1) is 0 Å². The fourth-order valence-corrected chi connectivity index (χ4v) is 2.99. The minimum absolute atomic E-state index is 0.0566. The molecular weight excluding hydrogens is 264 g/mol. The largest absolute Gasteiger partial charge is 0.368 e. The van der Waals surface area contributed by atoms with Crippen LogP contribution in [-0.2, 0) is 6.54 Å². The first-order valence-corrected chi connectivity index (χ1v) is 6.85. The van der Waals surface area contributed by atoms with Gasteiger partial charge in [0.25, 0.3) is 0 Å². The van der Waals surface area contributed by atoms with Crippen LogP contribution in [0.5, 0.6) is 0 Å². The second-order valence-electron chi connectivity index (χ2n) is 4.96. The average Bonchev–Trinajstić information content (AvgIpc) is 2.80. The molecule has 2 amide bonds. The number of benzene rings is 1. The van der Waals surface area contributed by atoms with E-state index in [1.54, 1.807) is 0 Å². The highest BCUT2D eigenvalue weighted by Crippen LogP contribution is 2.26. The molecule has 3 rings (SSSR count). The molecule has 0 bridgehead atoms. The third-order valence-electron chi connectivity index (χ3n) is 3.85. The van der Waals surface area contributed by atoms with Gasteiger partial charge in [-0.05, 0) is 17.7 Å². The molecule has 2 heterocycles. The monoisotopic (exact) mass is 280 g/mol. The Bertz CT molecular complexity index is 507. The Morgan fingerprint density at radius 3 is 3.00 bits per heavy atom. The van der Waals surface area contributed by atoms with Gasteiger partial charge in [-0.25, -0.2) is 4.79 Å². The molecule has 1 unspecified atom stereocenters. The molecule has 6 heteroatoms. The van der Waals surface area contributed by atoms with Gasteiger partial charge in [0.1, 0.15) is 0 Å². The number of halogens is 1. The SMILES string of the molecule is NCc1ccc(N2CCN3C(=O)NCC3C2)cc1Cl. The zero-order valence-corrected chi connectivity index (χ0v) is 11.4. The zero-order chi connectivity index (χ0) is 13.4. The van der Waals surface area contributed by atoms with Crippen LogP contribution >= 0.6 is 11.6 Å². The van der Waals surface area contributed by atoms with Gasteiger partial charge >= 0.3 is 6.03 Å². The van der Waals surface area contributed by atoms with Crippen LogP contribution < -0.4 is 16.0 Å². The molecule has 2 saturated heterocycles. The van der Waals surface area contributed by atoms with Crippen molar-refractivity contribution in [3.63, 3.8) is 0 Å². The van der Waals surface area contributed by atoms with E-state index in [2.05, 4.69) is 10.2 Å². The Kier molecular flexibility index (Phi) is 3.24. The summed E-state index contributed by atoms with van der Waals surface area (Å²) in [7, 11) is 0. The van der Waals surface area contributed by atoms with Crippen molar-refractivity contribution in [2.75, 3.05) is 31.1 Å². The highest BCUT2D eigenvalue weighted by Gasteiger charge is 2.35. The molecule has 0 saturated carbocycles. The fraction of sp³-hybridized carbons (Fsp3) is 0.462. The van der Waals surface area contributed by atoms with Crippen molar-refractivity contribution in [3.05, 3.63) is 28.8 Å². The minimum atomic E-state index is 0.0566. The molecule has 2 aliphatic rings. The van der Waals surface area contributed by atoms with Crippen molar-refractivity contribution in [2.24, 2.45) is 5.73 Å². The van der Waals surface area contributed by atoms with Crippen molar-refractivity contribution in [1.82, 2.24) is 10.2 Å². The van der Waals surface area contributed by atoms with Crippen LogP contribution in [0.15, 0.2) is 18.2 Å². The molecule has 19 heavy (non-hydrogen) atoms. The molecule has 1 aromatic carbocycles. The molecule has 2 aliphatic heterocycles. The summed E-state index contributed by atoms with van der Waals surface area (Å²) in [4.78, 5) is 15.7. The predicted octanol–water partition coefficient (Wildman–Crippen LogP) is 1.01. The number of hydrogen-bond donors (Lipinski definition) is 2. The van der Waals surface area contributed by atoms with E-state index in [9.17, 15) is 4.79 Å². The van der Waals surface area contributed by atoms with Crippen molar-refractivity contribution >= 4 is 23.3 Å². The van der Waals surface area contributed by atoms with Gasteiger partial charge in [0.15, 0.2) is 0 Å². The van der Waals surface area contributed by atoms with Gasteiger partial charge < -0.3 is 20.9 Å². The Morgan fingerprint density at radius 2 is 2.26 bits per heavy atom. The Morgan fingerprint density at radius 1 is 1.42 bits per heavy atom. The lowest BCUT2D eigenvalue weighted by atomic mass is 10.1. The lowest BCUT2D eigenvalue weighted by Gasteiger charge is -2.37. The van der Waals surface area contributed by atoms with Crippen molar-refractivity contribution in [2.45, 2.75) is 12.6 Å². The summed E-state index contributed by atoms with van der Waals surface area (Å²) in [6, 6.07) is 6.30. The number of piperazine rings is 1. The van der Waals surface area contributed by atoms with Crippen LogP contribution in [0.1, 0.15) is 5.56 Å². The number of nitrogens with one attached hydrogen (secondary N) is 1. The van der Waals surface area contributed by atoms with E-state index in [-0.39, 0.29) is 12.1 Å². The van der Waals surface area contributed by atoms with Gasteiger partial charge in [-0.15, -0.1) is 0 Å². The number of nitrogens with zero attached hydrogens (tertiary/aromatic N) is 2. The Balaban J connectivity index is 1.77. The van der Waals surface area contributed by atoms with E-state index in [0.717, 1.165) is 37.4 Å². The van der Waals surface area contributed by atoms with Crippen LogP contribution in [0.2, 0.25) is 5.02 Å². The molecule has 0 spiro atoms. The number of carbonyl (C=O) groups excluding carboxylic acids is 1. The van der Waals surface area contributed by atoms with E-state index >= 15 is 0 Å². The number of nitrogens with two attached hydrogens (primary N) is 1. The Hall–Kier alpha value is -1.46. The maximum Gasteiger partial charge on any atom is 0.317 e. The lowest BCUT2D eigenvalue weighted by molar-refractivity contribution is 0.197. The number of urea groups is 1. The van der Waals surface area contributed by atoms with E-state index < -0.39 is 0 Å². The third-order valence-corrected chi connectivity index (χ3v) is 4.21. The number of rotatable bonds is 2. The van der Waals surface area contributed by atoms with Crippen LogP contribution in [0.3, 0.4) is 0 Å². The van der Waals surface area contributed by atoms with Crippen LogP contribution in [0.4, 0.5) is 10.5 Å². The first-order valence-electron chi connectivity index (χ1n) is 6.47. The van der Waals surface area contributed by atoms with E-state index in [1.165, 1.54) is 0 Å². The normalized spacial score (nSPS) is 22.4. The highest BCUT2D eigenvalue weighted by molar-refractivity contribution is 6.31. The molecule has 2 fully saturated rings. The van der Waals surface area contributed by atoms with Gasteiger partial charge in [0, 0.05) is 43.4 Å². The number of anilines is 1. The van der Waals surface area contributed by atoms with Gasteiger partial charge in [-0.3, -0.25) is 0 Å². The summed E-state index contributed by atoms with van der Waals surface area (Å²) < 4.78 is 0. The Labute approximate surface area is 117 Å².